The molecule has 0 N–H and O–H groups in total. The van der Waals surface area contributed by atoms with E-state index >= 15 is 0 Å². The second-order valence-electron chi connectivity index (χ2n) is 12.8. The van der Waals surface area contributed by atoms with Gasteiger partial charge in [-0.05, 0) is 105 Å². The van der Waals surface area contributed by atoms with E-state index < -0.39 is 0 Å². The highest BCUT2D eigenvalue weighted by Gasteiger charge is 2.69. The van der Waals surface area contributed by atoms with Crippen LogP contribution in [-0.4, -0.2) is 30.7 Å². The molecule has 0 aliphatic heterocycles. The van der Waals surface area contributed by atoms with Crippen molar-refractivity contribution in [3.05, 3.63) is 11.6 Å². The molecule has 5 aliphatic carbocycles. The second-order valence-corrected chi connectivity index (χ2v) is 12.8. The second kappa shape index (κ2) is 9.34. The lowest BCUT2D eigenvalue weighted by molar-refractivity contribution is -0.148. The molecule has 0 bridgehead atoms. The summed E-state index contributed by atoms with van der Waals surface area (Å²) in [5, 5.41) is 4.43. The quantitative estimate of drug-likeness (QED) is 0.241. The van der Waals surface area contributed by atoms with Gasteiger partial charge in [0.25, 0.3) is 0 Å². The van der Waals surface area contributed by atoms with Gasteiger partial charge in [-0.25, -0.2) is 0 Å². The van der Waals surface area contributed by atoms with Crippen LogP contribution in [0.25, 0.3) is 0 Å². The van der Waals surface area contributed by atoms with Crippen LogP contribution in [0.4, 0.5) is 0 Å². The Labute approximate surface area is 211 Å². The lowest BCUT2D eigenvalue weighted by atomic mass is 9.44. The van der Waals surface area contributed by atoms with Gasteiger partial charge in [-0.15, -0.1) is 0 Å². The first-order valence-corrected chi connectivity index (χ1v) is 14.3. The average molecular weight is 484 g/mol. The summed E-state index contributed by atoms with van der Waals surface area (Å²) in [6.45, 7) is 9.25. The number of ether oxygens (including phenoxy) is 1. The predicted molar refractivity (Wildman–Crippen MR) is 137 cm³/mol. The molecule has 0 saturated heterocycles. The SMILES string of the molecule is CC(=O)OCCCO/N=C1/C=C2CC[C@@H]3[C@H](CC[C@@]4(C)[C@H]3C[C@H]3CCCC[C@]34C(C)=O)[C@@]2(C)CC1. The van der Waals surface area contributed by atoms with Gasteiger partial charge in [-0.1, -0.05) is 37.4 Å². The molecule has 0 amide bonds. The number of oxime groups is 1. The molecule has 5 rings (SSSR count). The molecule has 4 fully saturated rings. The maximum atomic E-state index is 13.3. The molecule has 0 heterocycles. The maximum Gasteiger partial charge on any atom is 0.302 e. The standard InChI is InChI=1S/C30H45NO4/c1-20(32)30-13-6-5-8-23(30)19-27-25-10-9-22-18-24(31-35-17-7-16-34-21(2)33)11-14-28(22,3)26(25)12-15-29(27,30)4/h18,23,25-27H,5-17,19H2,1-4H3/b31-24+/t23-,25-,26+,27+,28+,29+,30+/m1/s1. The van der Waals surface area contributed by atoms with Crippen molar-refractivity contribution in [2.24, 2.45) is 45.1 Å². The van der Waals surface area contributed by atoms with Crippen LogP contribution in [0.1, 0.15) is 105 Å². The van der Waals surface area contributed by atoms with E-state index in [0.29, 0.717) is 37.3 Å². The first kappa shape index (κ1) is 25.0. The Morgan fingerprint density at radius 1 is 1.00 bits per heavy atom. The highest BCUT2D eigenvalue weighted by molar-refractivity contribution is 5.96. The Morgan fingerprint density at radius 3 is 2.60 bits per heavy atom. The fourth-order valence-corrected chi connectivity index (χ4v) is 9.91. The van der Waals surface area contributed by atoms with Crippen LogP contribution in [0.3, 0.4) is 0 Å². The van der Waals surface area contributed by atoms with Crippen molar-refractivity contribution in [2.45, 2.75) is 105 Å². The number of rotatable bonds is 6. The van der Waals surface area contributed by atoms with E-state index in [1.807, 2.05) is 6.92 Å². The number of esters is 1. The molecular formula is C30H45NO4. The first-order valence-electron chi connectivity index (χ1n) is 14.3. The molecule has 5 heteroatoms. The van der Waals surface area contributed by atoms with Crippen molar-refractivity contribution in [3.63, 3.8) is 0 Å². The van der Waals surface area contributed by atoms with Crippen molar-refractivity contribution in [1.82, 2.24) is 0 Å². The molecule has 5 nitrogen and oxygen atoms in total. The zero-order chi connectivity index (χ0) is 24.8. The van der Waals surface area contributed by atoms with Gasteiger partial charge >= 0.3 is 5.97 Å². The van der Waals surface area contributed by atoms with Crippen molar-refractivity contribution >= 4 is 17.5 Å². The van der Waals surface area contributed by atoms with E-state index in [0.717, 1.165) is 43.2 Å². The topological polar surface area (TPSA) is 65.0 Å². The van der Waals surface area contributed by atoms with Gasteiger partial charge in [0.2, 0.25) is 0 Å². The van der Waals surface area contributed by atoms with E-state index in [1.165, 1.54) is 51.9 Å². The number of ketones is 1. The summed E-state index contributed by atoms with van der Waals surface area (Å²) in [6.07, 6.45) is 16.3. The molecule has 4 saturated carbocycles. The molecule has 7 atom stereocenters. The number of carbonyl (C=O) groups excluding carboxylic acids is 2. The number of allylic oxidation sites excluding steroid dienone is 2. The Kier molecular flexibility index (Phi) is 6.68. The zero-order valence-electron chi connectivity index (χ0n) is 22.4. The molecule has 35 heavy (non-hydrogen) atoms. The van der Waals surface area contributed by atoms with Gasteiger partial charge in [-0.2, -0.15) is 0 Å². The van der Waals surface area contributed by atoms with Crippen LogP contribution >= 0.6 is 0 Å². The minimum Gasteiger partial charge on any atom is -0.466 e. The van der Waals surface area contributed by atoms with Crippen LogP contribution in [0, 0.1) is 39.9 Å². The third kappa shape index (κ3) is 3.91. The van der Waals surface area contributed by atoms with Gasteiger partial charge in [-0.3, -0.25) is 9.59 Å². The van der Waals surface area contributed by atoms with Crippen LogP contribution in [0.15, 0.2) is 16.8 Å². The number of carbonyl (C=O) groups is 2. The molecule has 0 spiro atoms. The largest absolute Gasteiger partial charge is 0.466 e. The van der Waals surface area contributed by atoms with Gasteiger partial charge in [0.05, 0.1) is 12.3 Å². The normalized spacial score (nSPS) is 43.3. The first-order chi connectivity index (χ1) is 16.7. The van der Waals surface area contributed by atoms with Crippen LogP contribution < -0.4 is 0 Å². The van der Waals surface area contributed by atoms with E-state index in [1.54, 1.807) is 5.57 Å². The van der Waals surface area contributed by atoms with Crippen LogP contribution in [-0.2, 0) is 19.2 Å². The van der Waals surface area contributed by atoms with Gasteiger partial charge in [0.1, 0.15) is 12.4 Å². The van der Waals surface area contributed by atoms with Crippen molar-refractivity contribution < 1.29 is 19.2 Å². The van der Waals surface area contributed by atoms with Gasteiger partial charge < -0.3 is 9.57 Å². The summed E-state index contributed by atoms with van der Waals surface area (Å²) >= 11 is 0. The average Bonchev–Trinajstić information content (AvgIpc) is 3.11. The highest BCUT2D eigenvalue weighted by Crippen LogP contribution is 2.74. The third-order valence-electron chi connectivity index (χ3n) is 11.5. The molecular weight excluding hydrogens is 438 g/mol. The number of nitrogens with zero attached hydrogens (tertiary/aromatic N) is 1. The minimum absolute atomic E-state index is 0.0445. The summed E-state index contributed by atoms with van der Waals surface area (Å²) in [4.78, 5) is 29.7. The molecule has 0 aromatic rings. The summed E-state index contributed by atoms with van der Waals surface area (Å²) < 4.78 is 4.96. The van der Waals surface area contributed by atoms with E-state index in [4.69, 9.17) is 9.57 Å². The van der Waals surface area contributed by atoms with E-state index in [-0.39, 0.29) is 22.2 Å². The van der Waals surface area contributed by atoms with Gasteiger partial charge in [0, 0.05) is 18.8 Å². The third-order valence-corrected chi connectivity index (χ3v) is 11.5. The highest BCUT2D eigenvalue weighted by atomic mass is 16.6. The Balaban J connectivity index is 1.30. The minimum atomic E-state index is -0.251. The Hall–Kier alpha value is -1.65. The van der Waals surface area contributed by atoms with Crippen molar-refractivity contribution in [1.29, 1.82) is 0 Å². The monoisotopic (exact) mass is 483 g/mol. The number of hydrogen-bond donors (Lipinski definition) is 0. The number of Topliss-reactive ketones (excluding diaryl/α,β-unsaturated/α-hetero) is 1. The van der Waals surface area contributed by atoms with Crippen LogP contribution in [0.2, 0.25) is 0 Å². The maximum absolute atomic E-state index is 13.3. The molecule has 0 unspecified atom stereocenters. The lowest BCUT2D eigenvalue weighted by Crippen LogP contribution is -2.55. The number of hydrogen-bond acceptors (Lipinski definition) is 5. The number of fused-ring (bicyclic) bond motifs is 7. The summed E-state index contributed by atoms with van der Waals surface area (Å²) in [5.74, 6) is 3.07. The van der Waals surface area contributed by atoms with E-state index in [9.17, 15) is 9.59 Å². The Morgan fingerprint density at radius 2 is 1.83 bits per heavy atom. The lowest BCUT2D eigenvalue weighted by Gasteiger charge is -2.60. The molecule has 5 aliphatic rings. The molecule has 0 aromatic heterocycles. The van der Waals surface area contributed by atoms with Gasteiger partial charge in [0.15, 0.2) is 0 Å². The predicted octanol–water partition coefficient (Wildman–Crippen LogP) is 6.65. The fraction of sp³-hybridized carbons (Fsp3) is 0.833. The molecule has 194 valence electrons. The van der Waals surface area contributed by atoms with Crippen LogP contribution in [0.5, 0.6) is 0 Å². The van der Waals surface area contributed by atoms with Crippen molar-refractivity contribution in [3.8, 4) is 0 Å². The molecule has 0 radical (unpaired) electrons. The fourth-order valence-electron chi connectivity index (χ4n) is 9.91. The van der Waals surface area contributed by atoms with Crippen molar-refractivity contribution in [2.75, 3.05) is 13.2 Å². The zero-order valence-corrected chi connectivity index (χ0v) is 22.4. The summed E-state index contributed by atoms with van der Waals surface area (Å²) in [7, 11) is 0. The Bertz CT molecular complexity index is 923. The molecule has 0 aromatic carbocycles. The summed E-state index contributed by atoms with van der Waals surface area (Å²) in [6, 6.07) is 0. The summed E-state index contributed by atoms with van der Waals surface area (Å²) in [5.41, 5.74) is 3.05. The van der Waals surface area contributed by atoms with E-state index in [2.05, 4.69) is 25.1 Å². The smallest absolute Gasteiger partial charge is 0.302 e.